The average molecular weight is 316 g/mol. The highest BCUT2D eigenvalue weighted by atomic mass is 32.1. The number of carbonyl (C=O) groups is 1. The molecule has 0 saturated heterocycles. The van der Waals surface area contributed by atoms with Crippen LogP contribution in [0.15, 0.2) is 30.3 Å². The lowest BCUT2D eigenvalue weighted by Gasteiger charge is -2.27. The topological polar surface area (TPSA) is 62.2 Å². The molecule has 1 aliphatic carbocycles. The summed E-state index contributed by atoms with van der Waals surface area (Å²) in [5, 5.41) is 13.6. The van der Waals surface area contributed by atoms with Crippen LogP contribution in [0.1, 0.15) is 30.7 Å². The average Bonchev–Trinajstić information content (AvgIpc) is 2.95. The summed E-state index contributed by atoms with van der Waals surface area (Å²) in [5.41, 5.74) is 0.956. The summed E-state index contributed by atoms with van der Waals surface area (Å²) >= 11 is 1.57. The Balaban J connectivity index is 1.54. The number of nitrogens with one attached hydrogen (secondary N) is 1. The van der Waals surface area contributed by atoms with E-state index in [1.165, 1.54) is 6.08 Å². The number of aliphatic hydroxyl groups is 1. The molecule has 1 aromatic carbocycles. The highest BCUT2D eigenvalue weighted by Gasteiger charge is 2.22. The minimum atomic E-state index is -0.276. The van der Waals surface area contributed by atoms with E-state index in [1.54, 1.807) is 17.4 Å². The van der Waals surface area contributed by atoms with E-state index >= 15 is 0 Å². The van der Waals surface area contributed by atoms with Gasteiger partial charge in [0.1, 0.15) is 5.01 Å². The van der Waals surface area contributed by atoms with E-state index in [4.69, 9.17) is 0 Å². The zero-order valence-electron chi connectivity index (χ0n) is 12.4. The fraction of sp³-hybridized carbons (Fsp3) is 0.412. The van der Waals surface area contributed by atoms with Crippen molar-refractivity contribution in [3.63, 3.8) is 0 Å². The predicted molar refractivity (Wildman–Crippen MR) is 89.6 cm³/mol. The molecule has 4 nitrogen and oxygen atoms in total. The SMILES string of the molecule is O=C(/C=C\c1nc2ccccc2s1)NC[C@@H]1CCCC[C@@H]1O. The van der Waals surface area contributed by atoms with Crippen molar-refractivity contribution in [1.29, 1.82) is 0 Å². The van der Waals surface area contributed by atoms with E-state index in [9.17, 15) is 9.90 Å². The van der Waals surface area contributed by atoms with Gasteiger partial charge in [0.25, 0.3) is 0 Å². The molecule has 1 amide bonds. The summed E-state index contributed by atoms with van der Waals surface area (Å²) in [7, 11) is 0. The molecule has 0 unspecified atom stereocenters. The first-order valence-corrected chi connectivity index (χ1v) is 8.53. The minimum Gasteiger partial charge on any atom is -0.393 e. The fourth-order valence-corrected chi connectivity index (χ4v) is 3.70. The molecular formula is C17H20N2O2S. The van der Waals surface area contributed by atoms with Gasteiger partial charge in [-0.2, -0.15) is 0 Å². The van der Waals surface area contributed by atoms with Crippen LogP contribution in [0.25, 0.3) is 16.3 Å². The van der Waals surface area contributed by atoms with E-state index < -0.39 is 0 Å². The molecule has 2 N–H and O–H groups in total. The van der Waals surface area contributed by atoms with Crippen LogP contribution in [0.4, 0.5) is 0 Å². The van der Waals surface area contributed by atoms with Crippen LogP contribution in [0.5, 0.6) is 0 Å². The summed E-state index contributed by atoms with van der Waals surface area (Å²) in [5.74, 6) is 0.0607. The van der Waals surface area contributed by atoms with Gasteiger partial charge in [-0.1, -0.05) is 25.0 Å². The van der Waals surface area contributed by atoms with Crippen LogP contribution in [0.2, 0.25) is 0 Å². The summed E-state index contributed by atoms with van der Waals surface area (Å²) in [6.45, 7) is 0.546. The van der Waals surface area contributed by atoms with Crippen molar-refractivity contribution in [1.82, 2.24) is 10.3 Å². The van der Waals surface area contributed by atoms with Crippen molar-refractivity contribution in [3.8, 4) is 0 Å². The minimum absolute atomic E-state index is 0.128. The van der Waals surface area contributed by atoms with Gasteiger partial charge in [-0.25, -0.2) is 4.98 Å². The van der Waals surface area contributed by atoms with Crippen molar-refractivity contribution in [3.05, 3.63) is 35.3 Å². The zero-order chi connectivity index (χ0) is 15.4. The van der Waals surface area contributed by atoms with Gasteiger partial charge in [0.2, 0.25) is 5.91 Å². The molecular weight excluding hydrogens is 296 g/mol. The number of aromatic nitrogens is 1. The Morgan fingerprint density at radius 3 is 3.00 bits per heavy atom. The van der Waals surface area contributed by atoms with Crippen LogP contribution in [0.3, 0.4) is 0 Å². The fourth-order valence-electron chi connectivity index (χ4n) is 2.83. The maximum absolute atomic E-state index is 11.9. The molecule has 2 atom stereocenters. The largest absolute Gasteiger partial charge is 0.393 e. The van der Waals surface area contributed by atoms with Crippen LogP contribution in [-0.2, 0) is 4.79 Å². The Morgan fingerprint density at radius 1 is 1.36 bits per heavy atom. The maximum atomic E-state index is 11.9. The number of nitrogens with zero attached hydrogens (tertiary/aromatic N) is 1. The van der Waals surface area contributed by atoms with Gasteiger partial charge in [-0.05, 0) is 31.1 Å². The molecule has 116 valence electrons. The number of para-hydroxylation sites is 1. The third-order valence-electron chi connectivity index (χ3n) is 4.10. The molecule has 3 rings (SSSR count). The number of fused-ring (bicyclic) bond motifs is 1. The molecule has 1 aromatic heterocycles. The number of aliphatic hydroxyl groups excluding tert-OH is 1. The first-order valence-electron chi connectivity index (χ1n) is 7.72. The van der Waals surface area contributed by atoms with Crippen molar-refractivity contribution in [2.24, 2.45) is 5.92 Å². The first-order chi connectivity index (χ1) is 10.7. The van der Waals surface area contributed by atoms with E-state index in [0.717, 1.165) is 40.9 Å². The standard InChI is InChI=1S/C17H20N2O2S/c20-14-7-3-1-5-12(14)11-18-16(21)9-10-17-19-13-6-2-4-8-15(13)22-17/h2,4,6,8-10,12,14,20H,1,3,5,7,11H2,(H,18,21)/b10-9-/t12-,14-/m0/s1. The highest BCUT2D eigenvalue weighted by Crippen LogP contribution is 2.24. The van der Waals surface area contributed by atoms with E-state index in [2.05, 4.69) is 10.3 Å². The molecule has 0 radical (unpaired) electrons. The van der Waals surface area contributed by atoms with Crippen molar-refractivity contribution in [2.75, 3.05) is 6.54 Å². The lowest BCUT2D eigenvalue weighted by atomic mass is 9.86. The van der Waals surface area contributed by atoms with Crippen LogP contribution < -0.4 is 5.32 Å². The van der Waals surface area contributed by atoms with Crippen LogP contribution in [-0.4, -0.2) is 28.6 Å². The third kappa shape index (κ3) is 3.72. The Labute approximate surface area is 133 Å². The maximum Gasteiger partial charge on any atom is 0.244 e. The van der Waals surface area contributed by atoms with Gasteiger partial charge in [0.15, 0.2) is 0 Å². The number of hydrogen-bond donors (Lipinski definition) is 2. The molecule has 1 aliphatic rings. The van der Waals surface area contributed by atoms with Gasteiger partial charge in [0.05, 0.1) is 16.3 Å². The van der Waals surface area contributed by atoms with Crippen molar-refractivity contribution in [2.45, 2.75) is 31.8 Å². The van der Waals surface area contributed by atoms with Crippen molar-refractivity contribution >= 4 is 33.5 Å². The number of amides is 1. The molecule has 1 saturated carbocycles. The second kappa shape index (κ2) is 7.03. The van der Waals surface area contributed by atoms with Gasteiger partial charge >= 0.3 is 0 Å². The van der Waals surface area contributed by atoms with Gasteiger partial charge in [-0.15, -0.1) is 11.3 Å². The summed E-state index contributed by atoms with van der Waals surface area (Å²) in [4.78, 5) is 16.3. The first kappa shape index (κ1) is 15.2. The summed E-state index contributed by atoms with van der Waals surface area (Å²) in [6.07, 6.45) is 7.06. The zero-order valence-corrected chi connectivity index (χ0v) is 13.2. The van der Waals surface area contributed by atoms with Crippen molar-refractivity contribution < 1.29 is 9.90 Å². The van der Waals surface area contributed by atoms with Gasteiger partial charge < -0.3 is 10.4 Å². The molecule has 1 fully saturated rings. The lowest BCUT2D eigenvalue weighted by Crippen LogP contribution is -2.36. The Morgan fingerprint density at radius 2 is 2.18 bits per heavy atom. The quantitative estimate of drug-likeness (QED) is 0.853. The number of benzene rings is 1. The molecule has 0 spiro atoms. The molecule has 2 aromatic rings. The number of carbonyl (C=O) groups excluding carboxylic acids is 1. The monoisotopic (exact) mass is 316 g/mol. The van der Waals surface area contributed by atoms with E-state index in [1.807, 2.05) is 24.3 Å². The Kier molecular flexibility index (Phi) is 4.85. The second-order valence-electron chi connectivity index (χ2n) is 5.71. The van der Waals surface area contributed by atoms with Gasteiger partial charge in [0, 0.05) is 18.5 Å². The smallest absolute Gasteiger partial charge is 0.244 e. The molecule has 1 heterocycles. The van der Waals surface area contributed by atoms with Gasteiger partial charge in [-0.3, -0.25) is 4.79 Å². The third-order valence-corrected chi connectivity index (χ3v) is 5.10. The highest BCUT2D eigenvalue weighted by molar-refractivity contribution is 7.19. The molecule has 0 bridgehead atoms. The normalized spacial score (nSPS) is 22.2. The molecule has 0 aliphatic heterocycles. The molecule has 22 heavy (non-hydrogen) atoms. The Hall–Kier alpha value is -1.72. The van der Waals surface area contributed by atoms with Crippen LogP contribution >= 0.6 is 11.3 Å². The second-order valence-corrected chi connectivity index (χ2v) is 6.77. The summed E-state index contributed by atoms with van der Waals surface area (Å²) < 4.78 is 1.12. The van der Waals surface area contributed by atoms with Crippen LogP contribution in [0, 0.1) is 5.92 Å². The van der Waals surface area contributed by atoms with E-state index in [0.29, 0.717) is 6.54 Å². The van der Waals surface area contributed by atoms with E-state index in [-0.39, 0.29) is 17.9 Å². The Bertz CT molecular complexity index is 647. The number of thiazole rings is 1. The lowest BCUT2D eigenvalue weighted by molar-refractivity contribution is -0.116. The number of hydrogen-bond acceptors (Lipinski definition) is 4. The molecule has 5 heteroatoms. The summed E-state index contributed by atoms with van der Waals surface area (Å²) in [6, 6.07) is 7.93. The number of rotatable bonds is 4. The predicted octanol–water partition coefficient (Wildman–Crippen LogP) is 2.98.